The fourth-order valence-electron chi connectivity index (χ4n) is 1.18. The Bertz CT molecular complexity index is 140. The van der Waals surface area contributed by atoms with Crippen LogP contribution in [-0.2, 0) is 4.74 Å². The van der Waals surface area contributed by atoms with E-state index in [0.29, 0.717) is 5.92 Å². The lowest BCUT2D eigenvalue weighted by molar-refractivity contribution is -0.0307. The van der Waals surface area contributed by atoms with Gasteiger partial charge in [0.1, 0.15) is 5.72 Å². The van der Waals surface area contributed by atoms with Crippen molar-refractivity contribution < 1.29 is 4.74 Å². The van der Waals surface area contributed by atoms with Gasteiger partial charge in [0.25, 0.3) is 0 Å². The Morgan fingerprint density at radius 2 is 1.90 bits per heavy atom. The first-order valence-electron chi connectivity index (χ1n) is 3.81. The monoisotopic (exact) mass is 143 g/mol. The Labute approximate surface area is 62.7 Å². The molecule has 2 atom stereocenters. The third-order valence-electron chi connectivity index (χ3n) is 3.14. The van der Waals surface area contributed by atoms with Crippen molar-refractivity contribution in [3.63, 3.8) is 0 Å². The molecule has 1 aliphatic rings. The highest BCUT2D eigenvalue weighted by molar-refractivity contribution is 4.94. The van der Waals surface area contributed by atoms with Gasteiger partial charge in [0.15, 0.2) is 0 Å². The van der Waals surface area contributed by atoms with E-state index in [1.165, 1.54) is 0 Å². The van der Waals surface area contributed by atoms with E-state index in [4.69, 9.17) is 10.5 Å². The van der Waals surface area contributed by atoms with Crippen LogP contribution in [0.4, 0.5) is 0 Å². The smallest absolute Gasteiger partial charge is 0.119 e. The van der Waals surface area contributed by atoms with Crippen LogP contribution in [0, 0.1) is 11.3 Å². The lowest BCUT2D eigenvalue weighted by Crippen LogP contribution is -2.48. The molecular formula is C8H17NO. The van der Waals surface area contributed by atoms with Crippen molar-refractivity contribution in [3.05, 3.63) is 0 Å². The van der Waals surface area contributed by atoms with Crippen LogP contribution in [-0.4, -0.2) is 12.3 Å². The van der Waals surface area contributed by atoms with Gasteiger partial charge in [-0.3, -0.25) is 0 Å². The van der Waals surface area contributed by atoms with Crippen molar-refractivity contribution in [3.8, 4) is 0 Å². The Hall–Kier alpha value is -0.0800. The number of rotatable bonds is 0. The first-order chi connectivity index (χ1) is 4.38. The Balaban J connectivity index is 2.84. The van der Waals surface area contributed by atoms with Crippen molar-refractivity contribution in [1.29, 1.82) is 0 Å². The predicted octanol–water partition coefficient (Wildman–Crippen LogP) is 1.35. The fraction of sp³-hybridized carbons (Fsp3) is 1.00. The highest BCUT2D eigenvalue weighted by Gasteiger charge is 2.48. The molecule has 2 N–H and O–H groups in total. The largest absolute Gasteiger partial charge is 0.360 e. The first kappa shape index (κ1) is 8.02. The zero-order valence-electron chi connectivity index (χ0n) is 7.27. The van der Waals surface area contributed by atoms with Crippen LogP contribution in [0.2, 0.25) is 0 Å². The maximum Gasteiger partial charge on any atom is 0.119 e. The average molecular weight is 143 g/mol. The van der Waals surface area contributed by atoms with Gasteiger partial charge in [-0.2, -0.15) is 0 Å². The zero-order valence-corrected chi connectivity index (χ0v) is 7.27. The summed E-state index contributed by atoms with van der Waals surface area (Å²) in [6.07, 6.45) is 0. The second kappa shape index (κ2) is 1.95. The van der Waals surface area contributed by atoms with Gasteiger partial charge >= 0.3 is 0 Å². The maximum atomic E-state index is 5.92. The van der Waals surface area contributed by atoms with E-state index in [-0.39, 0.29) is 5.41 Å². The fourth-order valence-corrected chi connectivity index (χ4v) is 1.18. The van der Waals surface area contributed by atoms with Crippen molar-refractivity contribution in [2.24, 2.45) is 17.1 Å². The summed E-state index contributed by atoms with van der Waals surface area (Å²) in [5.41, 5.74) is 5.59. The summed E-state index contributed by atoms with van der Waals surface area (Å²) in [6, 6.07) is 0. The minimum Gasteiger partial charge on any atom is -0.360 e. The minimum absolute atomic E-state index is 0.104. The number of nitrogens with two attached hydrogens (primary N) is 1. The van der Waals surface area contributed by atoms with E-state index in [1.807, 2.05) is 6.92 Å². The molecule has 2 nitrogen and oxygen atoms in total. The van der Waals surface area contributed by atoms with Crippen LogP contribution < -0.4 is 5.73 Å². The topological polar surface area (TPSA) is 35.2 Å². The van der Waals surface area contributed by atoms with Crippen LogP contribution in [0.25, 0.3) is 0 Å². The van der Waals surface area contributed by atoms with Gasteiger partial charge in [0.2, 0.25) is 0 Å². The summed E-state index contributed by atoms with van der Waals surface area (Å²) >= 11 is 0. The van der Waals surface area contributed by atoms with E-state index in [0.717, 1.165) is 6.61 Å². The second-order valence-corrected chi connectivity index (χ2v) is 4.04. The standard InChI is InChI=1S/C8H17NO/c1-6-5-10-8(4,9)7(6,2)3/h6H,5,9H2,1-4H3. The molecule has 0 amide bonds. The molecule has 1 rings (SSSR count). The van der Waals surface area contributed by atoms with Gasteiger partial charge in [-0.15, -0.1) is 0 Å². The quantitative estimate of drug-likeness (QED) is 0.555. The summed E-state index contributed by atoms with van der Waals surface area (Å²) in [6.45, 7) is 9.24. The Kier molecular flexibility index (Phi) is 1.57. The average Bonchev–Trinajstić information content (AvgIpc) is 1.94. The molecule has 0 aromatic heterocycles. The van der Waals surface area contributed by atoms with Crippen LogP contribution in [0.5, 0.6) is 0 Å². The lowest BCUT2D eigenvalue weighted by atomic mass is 9.75. The normalized spacial score (nSPS) is 45.9. The highest BCUT2D eigenvalue weighted by atomic mass is 16.5. The van der Waals surface area contributed by atoms with Gasteiger partial charge in [-0.1, -0.05) is 20.8 Å². The SMILES string of the molecule is CC1COC(C)(N)C1(C)C. The third-order valence-corrected chi connectivity index (χ3v) is 3.14. The van der Waals surface area contributed by atoms with Crippen molar-refractivity contribution >= 4 is 0 Å². The predicted molar refractivity (Wildman–Crippen MR) is 41.5 cm³/mol. The molecular weight excluding hydrogens is 126 g/mol. The molecule has 2 heteroatoms. The molecule has 1 aliphatic heterocycles. The summed E-state index contributed by atoms with van der Waals surface area (Å²) in [5, 5.41) is 0. The molecule has 1 heterocycles. The van der Waals surface area contributed by atoms with Crippen LogP contribution in [0.1, 0.15) is 27.7 Å². The summed E-state index contributed by atoms with van der Waals surface area (Å²) in [5.74, 6) is 0.558. The van der Waals surface area contributed by atoms with Gasteiger partial charge < -0.3 is 10.5 Å². The molecule has 0 radical (unpaired) electrons. The molecule has 0 aliphatic carbocycles. The summed E-state index contributed by atoms with van der Waals surface area (Å²) < 4.78 is 5.45. The van der Waals surface area contributed by atoms with E-state index in [9.17, 15) is 0 Å². The van der Waals surface area contributed by atoms with E-state index < -0.39 is 5.72 Å². The van der Waals surface area contributed by atoms with Crippen molar-refractivity contribution in [2.45, 2.75) is 33.4 Å². The number of ether oxygens (including phenoxy) is 1. The van der Waals surface area contributed by atoms with Crippen molar-refractivity contribution in [2.75, 3.05) is 6.61 Å². The molecule has 0 saturated carbocycles. The Morgan fingerprint density at radius 3 is 2.00 bits per heavy atom. The highest BCUT2D eigenvalue weighted by Crippen LogP contribution is 2.43. The lowest BCUT2D eigenvalue weighted by Gasteiger charge is -2.35. The van der Waals surface area contributed by atoms with E-state index in [2.05, 4.69) is 20.8 Å². The maximum absolute atomic E-state index is 5.92. The molecule has 1 saturated heterocycles. The van der Waals surface area contributed by atoms with Gasteiger partial charge in [0.05, 0.1) is 6.61 Å². The molecule has 0 bridgehead atoms. The first-order valence-corrected chi connectivity index (χ1v) is 3.81. The molecule has 0 aromatic carbocycles. The summed E-state index contributed by atoms with van der Waals surface area (Å²) in [7, 11) is 0. The summed E-state index contributed by atoms with van der Waals surface area (Å²) in [4.78, 5) is 0. The van der Waals surface area contributed by atoms with Gasteiger partial charge in [-0.05, 0) is 12.8 Å². The van der Waals surface area contributed by atoms with Crippen LogP contribution in [0.3, 0.4) is 0 Å². The molecule has 0 spiro atoms. The van der Waals surface area contributed by atoms with Crippen molar-refractivity contribution in [1.82, 2.24) is 0 Å². The molecule has 60 valence electrons. The third kappa shape index (κ3) is 0.867. The van der Waals surface area contributed by atoms with Gasteiger partial charge in [0, 0.05) is 5.41 Å². The van der Waals surface area contributed by atoms with E-state index in [1.54, 1.807) is 0 Å². The molecule has 2 unspecified atom stereocenters. The zero-order chi connectivity index (χ0) is 7.99. The second-order valence-electron chi connectivity index (χ2n) is 4.04. The number of hydrogen-bond donors (Lipinski definition) is 1. The van der Waals surface area contributed by atoms with Crippen LogP contribution in [0.15, 0.2) is 0 Å². The Morgan fingerprint density at radius 1 is 1.40 bits per heavy atom. The molecule has 10 heavy (non-hydrogen) atoms. The molecule has 0 aromatic rings. The molecule has 1 fully saturated rings. The van der Waals surface area contributed by atoms with E-state index >= 15 is 0 Å². The minimum atomic E-state index is -0.438. The number of hydrogen-bond acceptors (Lipinski definition) is 2. The van der Waals surface area contributed by atoms with Gasteiger partial charge in [-0.25, -0.2) is 0 Å². The van der Waals surface area contributed by atoms with Crippen LogP contribution >= 0.6 is 0 Å².